The lowest BCUT2D eigenvalue weighted by atomic mass is 10.1. The van der Waals surface area contributed by atoms with Crippen molar-refractivity contribution in [2.75, 3.05) is 13.2 Å². The molecule has 3 rings (SSSR count). The number of thioether (sulfide) groups is 1. The Morgan fingerprint density at radius 2 is 1.97 bits per heavy atom. The first-order valence-electron chi connectivity index (χ1n) is 10.7. The summed E-state index contributed by atoms with van der Waals surface area (Å²) in [6.07, 6.45) is 3.43. The molecule has 2 aromatic carbocycles. The number of thiocarbonyl (C=S) groups is 1. The third-order valence-electron chi connectivity index (χ3n) is 4.77. The van der Waals surface area contributed by atoms with Gasteiger partial charge in [-0.15, -0.1) is 0 Å². The monoisotopic (exact) mass is 469 g/mol. The van der Waals surface area contributed by atoms with Crippen molar-refractivity contribution in [2.45, 2.75) is 39.7 Å². The molecule has 5 nitrogen and oxygen atoms in total. The van der Waals surface area contributed by atoms with Crippen molar-refractivity contribution in [1.82, 2.24) is 4.90 Å². The number of benzene rings is 2. The summed E-state index contributed by atoms with van der Waals surface area (Å²) in [7, 11) is 0. The average Bonchev–Trinajstić information content (AvgIpc) is 3.04. The molecule has 7 heteroatoms. The molecule has 2 aromatic rings. The fourth-order valence-electron chi connectivity index (χ4n) is 3.14. The van der Waals surface area contributed by atoms with Crippen LogP contribution in [0.1, 0.15) is 42.9 Å². The van der Waals surface area contributed by atoms with Gasteiger partial charge in [-0.25, -0.2) is 0 Å². The molecule has 32 heavy (non-hydrogen) atoms. The molecule has 0 aliphatic carbocycles. The van der Waals surface area contributed by atoms with Gasteiger partial charge in [-0.3, -0.25) is 14.5 Å². The topological polar surface area (TPSA) is 55.8 Å². The van der Waals surface area contributed by atoms with Crippen molar-refractivity contribution in [3.05, 3.63) is 70.1 Å². The van der Waals surface area contributed by atoms with E-state index in [1.54, 1.807) is 4.90 Å². The van der Waals surface area contributed by atoms with Crippen molar-refractivity contribution >= 4 is 46.3 Å². The normalized spacial score (nSPS) is 14.8. The van der Waals surface area contributed by atoms with Gasteiger partial charge in [0.15, 0.2) is 0 Å². The highest BCUT2D eigenvalue weighted by Crippen LogP contribution is 2.33. The van der Waals surface area contributed by atoms with Crippen LogP contribution in [0.4, 0.5) is 0 Å². The fraction of sp³-hybridized carbons (Fsp3) is 0.320. The fourth-order valence-corrected chi connectivity index (χ4v) is 4.45. The van der Waals surface area contributed by atoms with E-state index in [1.807, 2.05) is 49.4 Å². The molecule has 0 radical (unpaired) electrons. The first-order valence-corrected chi connectivity index (χ1v) is 11.9. The first kappa shape index (κ1) is 24.0. The van der Waals surface area contributed by atoms with E-state index < -0.39 is 0 Å². The van der Waals surface area contributed by atoms with E-state index in [4.69, 9.17) is 21.7 Å². The molecule has 0 saturated carbocycles. The van der Waals surface area contributed by atoms with Gasteiger partial charge in [0.25, 0.3) is 5.91 Å². The SMILES string of the molecule is CCCOC(=O)CCCN1C(=O)/C(=C\c2ccc(OCc3cccc(C)c3)cc2)SC1=S. The summed E-state index contributed by atoms with van der Waals surface area (Å²) in [5.41, 5.74) is 3.23. The van der Waals surface area contributed by atoms with Gasteiger partial charge >= 0.3 is 5.97 Å². The molecule has 1 aliphatic rings. The molecule has 1 amide bonds. The average molecular weight is 470 g/mol. The Morgan fingerprint density at radius 3 is 2.69 bits per heavy atom. The molecule has 168 valence electrons. The van der Waals surface area contributed by atoms with Gasteiger partial charge in [0.2, 0.25) is 0 Å². The second-order valence-corrected chi connectivity index (χ2v) is 9.18. The van der Waals surface area contributed by atoms with E-state index >= 15 is 0 Å². The Morgan fingerprint density at radius 1 is 1.19 bits per heavy atom. The van der Waals surface area contributed by atoms with Gasteiger partial charge in [0.05, 0.1) is 11.5 Å². The molecule has 0 atom stereocenters. The molecular formula is C25H27NO4S2. The highest BCUT2D eigenvalue weighted by Gasteiger charge is 2.31. The maximum absolute atomic E-state index is 12.7. The van der Waals surface area contributed by atoms with Crippen molar-refractivity contribution < 1.29 is 19.1 Å². The molecule has 0 bridgehead atoms. The minimum atomic E-state index is -0.238. The summed E-state index contributed by atoms with van der Waals surface area (Å²) in [4.78, 5) is 26.5. The van der Waals surface area contributed by atoms with Gasteiger partial charge < -0.3 is 9.47 Å². The lowest BCUT2D eigenvalue weighted by Gasteiger charge is -2.13. The molecule has 1 saturated heterocycles. The molecule has 0 unspecified atom stereocenters. The smallest absolute Gasteiger partial charge is 0.305 e. The molecule has 1 fully saturated rings. The highest BCUT2D eigenvalue weighted by atomic mass is 32.2. The second-order valence-electron chi connectivity index (χ2n) is 7.50. The summed E-state index contributed by atoms with van der Waals surface area (Å²) in [6, 6.07) is 15.8. The number of carbonyl (C=O) groups excluding carboxylic acids is 2. The molecule has 0 aromatic heterocycles. The van der Waals surface area contributed by atoms with Crippen LogP contribution >= 0.6 is 24.0 Å². The van der Waals surface area contributed by atoms with Crippen LogP contribution in [0.25, 0.3) is 6.08 Å². The van der Waals surface area contributed by atoms with E-state index in [0.717, 1.165) is 23.3 Å². The third-order valence-corrected chi connectivity index (χ3v) is 6.15. The van der Waals surface area contributed by atoms with Crippen molar-refractivity contribution in [2.24, 2.45) is 0 Å². The van der Waals surface area contributed by atoms with E-state index in [0.29, 0.717) is 35.4 Å². The summed E-state index contributed by atoms with van der Waals surface area (Å²) in [5.74, 6) is 0.408. The summed E-state index contributed by atoms with van der Waals surface area (Å²) in [6.45, 7) is 5.35. The Kier molecular flexibility index (Phi) is 8.88. The Labute approximate surface area is 198 Å². The van der Waals surface area contributed by atoms with Crippen molar-refractivity contribution in [3.63, 3.8) is 0 Å². The van der Waals surface area contributed by atoms with Gasteiger partial charge in [0, 0.05) is 13.0 Å². The maximum Gasteiger partial charge on any atom is 0.305 e. The lowest BCUT2D eigenvalue weighted by Crippen LogP contribution is -2.29. The Balaban J connectivity index is 1.53. The Hall–Kier alpha value is -2.64. The van der Waals surface area contributed by atoms with Crippen LogP contribution in [0.2, 0.25) is 0 Å². The largest absolute Gasteiger partial charge is 0.489 e. The van der Waals surface area contributed by atoms with Crippen LogP contribution in [-0.4, -0.2) is 34.2 Å². The number of hydrogen-bond donors (Lipinski definition) is 0. The number of carbonyl (C=O) groups is 2. The predicted molar refractivity (Wildman–Crippen MR) is 132 cm³/mol. The van der Waals surface area contributed by atoms with Crippen LogP contribution < -0.4 is 4.74 Å². The summed E-state index contributed by atoms with van der Waals surface area (Å²) >= 11 is 6.65. The van der Waals surface area contributed by atoms with Gasteiger partial charge in [-0.1, -0.05) is 72.9 Å². The second kappa shape index (κ2) is 11.8. The number of rotatable bonds is 10. The van der Waals surface area contributed by atoms with Crippen molar-refractivity contribution in [3.8, 4) is 5.75 Å². The zero-order valence-electron chi connectivity index (χ0n) is 18.3. The number of amides is 1. The van der Waals surface area contributed by atoms with Crippen LogP contribution in [0.5, 0.6) is 5.75 Å². The van der Waals surface area contributed by atoms with E-state index in [9.17, 15) is 9.59 Å². The maximum atomic E-state index is 12.7. The van der Waals surface area contributed by atoms with Crippen LogP contribution in [0.15, 0.2) is 53.4 Å². The standard InChI is InChI=1S/C25H27NO4S2/c1-3-14-29-23(27)8-5-13-26-24(28)22(32-25(26)31)16-19-9-11-21(12-10-19)30-17-20-7-4-6-18(2)15-20/h4,6-7,9-12,15-16H,3,5,8,13-14,17H2,1-2H3/b22-16+. The molecule has 1 heterocycles. The van der Waals surface area contributed by atoms with Gasteiger partial charge in [0.1, 0.15) is 16.7 Å². The number of hydrogen-bond acceptors (Lipinski definition) is 6. The van der Waals surface area contributed by atoms with E-state index in [2.05, 4.69) is 19.1 Å². The number of ether oxygens (including phenoxy) is 2. The van der Waals surface area contributed by atoms with Crippen LogP contribution in [-0.2, 0) is 20.9 Å². The first-order chi connectivity index (χ1) is 15.5. The quantitative estimate of drug-likeness (QED) is 0.260. The lowest BCUT2D eigenvalue weighted by molar-refractivity contribution is -0.144. The van der Waals surface area contributed by atoms with Crippen LogP contribution in [0.3, 0.4) is 0 Å². The third kappa shape index (κ3) is 6.93. The number of aryl methyl sites for hydroxylation is 1. The molecular weight excluding hydrogens is 442 g/mol. The number of nitrogens with zero attached hydrogens (tertiary/aromatic N) is 1. The Bertz CT molecular complexity index is 1000. The minimum Gasteiger partial charge on any atom is -0.489 e. The van der Waals surface area contributed by atoms with Crippen LogP contribution in [0, 0.1) is 6.92 Å². The molecule has 0 N–H and O–H groups in total. The van der Waals surface area contributed by atoms with E-state index in [-0.39, 0.29) is 18.3 Å². The summed E-state index contributed by atoms with van der Waals surface area (Å²) in [5, 5.41) is 0. The van der Waals surface area contributed by atoms with Gasteiger partial charge in [-0.05, 0) is 49.1 Å². The summed E-state index contributed by atoms with van der Waals surface area (Å²) < 4.78 is 11.4. The van der Waals surface area contributed by atoms with Crippen molar-refractivity contribution in [1.29, 1.82) is 0 Å². The molecule has 1 aliphatic heterocycles. The minimum absolute atomic E-state index is 0.123. The van der Waals surface area contributed by atoms with Gasteiger partial charge in [-0.2, -0.15) is 0 Å². The predicted octanol–water partition coefficient (Wildman–Crippen LogP) is 5.51. The zero-order chi connectivity index (χ0) is 22.9. The highest BCUT2D eigenvalue weighted by molar-refractivity contribution is 8.26. The zero-order valence-corrected chi connectivity index (χ0v) is 20.0. The molecule has 0 spiro atoms. The van der Waals surface area contributed by atoms with E-state index in [1.165, 1.54) is 17.3 Å². The number of esters is 1.